The van der Waals surface area contributed by atoms with Gasteiger partial charge in [-0.3, -0.25) is 4.79 Å². The third kappa shape index (κ3) is 3.24. The maximum Gasteiger partial charge on any atom is 0.255 e. The van der Waals surface area contributed by atoms with Crippen molar-refractivity contribution in [1.29, 1.82) is 0 Å². The smallest absolute Gasteiger partial charge is 0.255 e. The number of aromatic nitrogens is 1. The van der Waals surface area contributed by atoms with Gasteiger partial charge in [-0.2, -0.15) is 0 Å². The standard InChI is InChI=1S/C18H24N2O/c1-12(2)11-20-17(8-7-16(10-19)18(20)21)15-6-5-13(3)14(4)9-15/h5-9,12H,10-11,19H2,1-4H3. The minimum Gasteiger partial charge on any atom is -0.326 e. The Hall–Kier alpha value is -1.87. The largest absolute Gasteiger partial charge is 0.326 e. The lowest BCUT2D eigenvalue weighted by atomic mass is 10.0. The third-order valence-electron chi connectivity index (χ3n) is 3.82. The minimum absolute atomic E-state index is 0.0296. The van der Waals surface area contributed by atoms with E-state index in [0.29, 0.717) is 18.0 Å². The molecular weight excluding hydrogens is 260 g/mol. The van der Waals surface area contributed by atoms with E-state index in [-0.39, 0.29) is 12.1 Å². The highest BCUT2D eigenvalue weighted by atomic mass is 16.1. The van der Waals surface area contributed by atoms with E-state index in [4.69, 9.17) is 5.73 Å². The molecule has 0 bridgehead atoms. The molecule has 2 rings (SSSR count). The number of nitrogens with zero attached hydrogens (tertiary/aromatic N) is 1. The molecule has 2 N–H and O–H groups in total. The van der Waals surface area contributed by atoms with Gasteiger partial charge >= 0.3 is 0 Å². The second-order valence-corrected chi connectivity index (χ2v) is 6.06. The monoisotopic (exact) mass is 284 g/mol. The van der Waals surface area contributed by atoms with Crippen LogP contribution < -0.4 is 11.3 Å². The molecule has 0 saturated heterocycles. The zero-order chi connectivity index (χ0) is 15.6. The van der Waals surface area contributed by atoms with Crippen molar-refractivity contribution in [3.05, 3.63) is 57.4 Å². The minimum atomic E-state index is 0.0296. The van der Waals surface area contributed by atoms with Gasteiger partial charge in [-0.1, -0.05) is 32.0 Å². The molecule has 112 valence electrons. The zero-order valence-corrected chi connectivity index (χ0v) is 13.3. The molecule has 0 fully saturated rings. The van der Waals surface area contributed by atoms with Crippen LogP contribution in [0.3, 0.4) is 0 Å². The van der Waals surface area contributed by atoms with E-state index in [9.17, 15) is 4.79 Å². The van der Waals surface area contributed by atoms with Crippen LogP contribution in [0.1, 0.15) is 30.5 Å². The fourth-order valence-corrected chi connectivity index (χ4v) is 2.48. The number of benzene rings is 1. The van der Waals surface area contributed by atoms with Crippen molar-refractivity contribution in [1.82, 2.24) is 4.57 Å². The summed E-state index contributed by atoms with van der Waals surface area (Å²) in [5.41, 5.74) is 10.9. The van der Waals surface area contributed by atoms with Gasteiger partial charge in [0, 0.05) is 18.7 Å². The summed E-state index contributed by atoms with van der Waals surface area (Å²) in [5.74, 6) is 0.404. The van der Waals surface area contributed by atoms with Crippen molar-refractivity contribution < 1.29 is 0 Å². The molecule has 0 aliphatic carbocycles. The highest BCUT2D eigenvalue weighted by Crippen LogP contribution is 2.22. The Labute approximate surface area is 126 Å². The topological polar surface area (TPSA) is 48.0 Å². The Balaban J connectivity index is 2.64. The summed E-state index contributed by atoms with van der Waals surface area (Å²) >= 11 is 0. The summed E-state index contributed by atoms with van der Waals surface area (Å²) in [6, 6.07) is 10.2. The predicted molar refractivity (Wildman–Crippen MR) is 88.3 cm³/mol. The third-order valence-corrected chi connectivity index (χ3v) is 3.82. The number of hydrogen-bond donors (Lipinski definition) is 1. The maximum absolute atomic E-state index is 12.6. The molecule has 21 heavy (non-hydrogen) atoms. The summed E-state index contributed by atoms with van der Waals surface area (Å²) in [4.78, 5) is 12.6. The van der Waals surface area contributed by atoms with Gasteiger partial charge in [-0.25, -0.2) is 0 Å². The first-order valence-electron chi connectivity index (χ1n) is 7.44. The first kappa shape index (κ1) is 15.5. The summed E-state index contributed by atoms with van der Waals surface area (Å²) in [7, 11) is 0. The molecule has 1 aromatic carbocycles. The number of pyridine rings is 1. The van der Waals surface area contributed by atoms with Crippen molar-refractivity contribution in [2.45, 2.75) is 40.8 Å². The van der Waals surface area contributed by atoms with Crippen molar-refractivity contribution in [2.75, 3.05) is 0 Å². The van der Waals surface area contributed by atoms with Gasteiger partial charge in [0.2, 0.25) is 0 Å². The average Bonchev–Trinajstić information content (AvgIpc) is 2.44. The lowest BCUT2D eigenvalue weighted by Crippen LogP contribution is -2.28. The molecule has 1 heterocycles. The van der Waals surface area contributed by atoms with E-state index in [1.807, 2.05) is 16.7 Å². The molecule has 0 amide bonds. The molecule has 0 aliphatic rings. The van der Waals surface area contributed by atoms with Gasteiger partial charge in [0.05, 0.1) is 5.69 Å². The van der Waals surface area contributed by atoms with Crippen molar-refractivity contribution >= 4 is 0 Å². The Morgan fingerprint density at radius 2 is 1.81 bits per heavy atom. The highest BCUT2D eigenvalue weighted by molar-refractivity contribution is 5.61. The average molecular weight is 284 g/mol. The van der Waals surface area contributed by atoms with E-state index in [0.717, 1.165) is 11.3 Å². The molecule has 0 unspecified atom stereocenters. The van der Waals surface area contributed by atoms with Crippen molar-refractivity contribution in [2.24, 2.45) is 11.7 Å². The number of nitrogens with two attached hydrogens (primary N) is 1. The van der Waals surface area contributed by atoms with Gasteiger partial charge in [-0.05, 0) is 48.6 Å². The van der Waals surface area contributed by atoms with E-state index in [2.05, 4.69) is 45.9 Å². The Morgan fingerprint density at radius 1 is 1.10 bits per heavy atom. The molecule has 3 nitrogen and oxygen atoms in total. The second kappa shape index (κ2) is 6.27. The Kier molecular flexibility index (Phi) is 4.63. The summed E-state index contributed by atoms with van der Waals surface area (Å²) in [5, 5.41) is 0. The molecule has 0 atom stereocenters. The molecule has 0 radical (unpaired) electrons. The van der Waals surface area contributed by atoms with Crippen LogP contribution in [-0.2, 0) is 13.1 Å². The molecular formula is C18H24N2O. The fraction of sp³-hybridized carbons (Fsp3) is 0.389. The van der Waals surface area contributed by atoms with Gasteiger partial charge in [0.15, 0.2) is 0 Å². The SMILES string of the molecule is Cc1ccc(-c2ccc(CN)c(=O)n2CC(C)C)cc1C. The molecule has 1 aromatic heterocycles. The van der Waals surface area contributed by atoms with E-state index in [1.165, 1.54) is 11.1 Å². The summed E-state index contributed by atoms with van der Waals surface area (Å²) < 4.78 is 1.86. The lowest BCUT2D eigenvalue weighted by molar-refractivity contribution is 0.512. The number of rotatable bonds is 4. The van der Waals surface area contributed by atoms with E-state index < -0.39 is 0 Å². The summed E-state index contributed by atoms with van der Waals surface area (Å²) in [6.45, 7) is 9.41. The van der Waals surface area contributed by atoms with Gasteiger partial charge in [0.25, 0.3) is 5.56 Å². The van der Waals surface area contributed by atoms with Crippen LogP contribution in [0.15, 0.2) is 35.1 Å². The molecule has 0 aliphatic heterocycles. The van der Waals surface area contributed by atoms with Gasteiger partial charge < -0.3 is 10.3 Å². The van der Waals surface area contributed by atoms with Crippen LogP contribution in [-0.4, -0.2) is 4.57 Å². The second-order valence-electron chi connectivity index (χ2n) is 6.06. The van der Waals surface area contributed by atoms with E-state index in [1.54, 1.807) is 0 Å². The molecule has 0 saturated carbocycles. The number of aryl methyl sites for hydroxylation is 2. The Bertz CT molecular complexity index is 699. The number of hydrogen-bond acceptors (Lipinski definition) is 2. The highest BCUT2D eigenvalue weighted by Gasteiger charge is 2.11. The van der Waals surface area contributed by atoms with Crippen molar-refractivity contribution in [3.8, 4) is 11.3 Å². The molecule has 0 spiro atoms. The van der Waals surface area contributed by atoms with E-state index >= 15 is 0 Å². The van der Waals surface area contributed by atoms with Crippen LogP contribution in [0, 0.1) is 19.8 Å². The van der Waals surface area contributed by atoms with Crippen molar-refractivity contribution in [3.63, 3.8) is 0 Å². The van der Waals surface area contributed by atoms with Crippen LogP contribution in [0.2, 0.25) is 0 Å². The Morgan fingerprint density at radius 3 is 2.38 bits per heavy atom. The first-order valence-corrected chi connectivity index (χ1v) is 7.44. The molecule has 3 heteroatoms. The summed E-state index contributed by atoms with van der Waals surface area (Å²) in [6.07, 6.45) is 0. The van der Waals surface area contributed by atoms with Gasteiger partial charge in [0.1, 0.15) is 0 Å². The quantitative estimate of drug-likeness (QED) is 0.937. The van der Waals surface area contributed by atoms with Gasteiger partial charge in [-0.15, -0.1) is 0 Å². The first-order chi connectivity index (χ1) is 9.93. The normalized spacial score (nSPS) is 11.1. The maximum atomic E-state index is 12.6. The van der Waals surface area contributed by atoms with Crippen LogP contribution in [0.25, 0.3) is 11.3 Å². The zero-order valence-electron chi connectivity index (χ0n) is 13.3. The molecule has 2 aromatic rings. The lowest BCUT2D eigenvalue weighted by Gasteiger charge is -2.17. The fourth-order valence-electron chi connectivity index (χ4n) is 2.48. The van der Waals surface area contributed by atoms with Crippen LogP contribution >= 0.6 is 0 Å². The van der Waals surface area contributed by atoms with Crippen LogP contribution in [0.5, 0.6) is 0 Å². The van der Waals surface area contributed by atoms with Crippen LogP contribution in [0.4, 0.5) is 0 Å². The predicted octanol–water partition coefficient (Wildman–Crippen LogP) is 3.25.